The van der Waals surface area contributed by atoms with E-state index in [9.17, 15) is 13.2 Å². The first kappa shape index (κ1) is 18.5. The van der Waals surface area contributed by atoms with E-state index in [1.807, 2.05) is 0 Å². The van der Waals surface area contributed by atoms with Gasteiger partial charge in [-0.2, -0.15) is 4.31 Å². The smallest absolute Gasteiger partial charge is 0.253 e. The molecule has 1 saturated heterocycles. The molecule has 1 fully saturated rings. The summed E-state index contributed by atoms with van der Waals surface area (Å²) in [4.78, 5) is 12.1. The van der Waals surface area contributed by atoms with Gasteiger partial charge in [-0.3, -0.25) is 4.79 Å². The zero-order valence-corrected chi connectivity index (χ0v) is 15.1. The van der Waals surface area contributed by atoms with Crippen molar-refractivity contribution in [3.63, 3.8) is 0 Å². The van der Waals surface area contributed by atoms with Gasteiger partial charge >= 0.3 is 0 Å². The number of sulfonamides is 1. The number of nitrogens with zero attached hydrogens (tertiary/aromatic N) is 1. The van der Waals surface area contributed by atoms with E-state index in [0.29, 0.717) is 13.2 Å². The fourth-order valence-corrected chi connectivity index (χ4v) is 4.41. The van der Waals surface area contributed by atoms with Crippen LogP contribution >= 0.6 is 23.2 Å². The van der Waals surface area contributed by atoms with Gasteiger partial charge in [0.2, 0.25) is 10.0 Å². The summed E-state index contributed by atoms with van der Waals surface area (Å²) in [6, 6.07) is 2.41. The summed E-state index contributed by atoms with van der Waals surface area (Å²) in [5.74, 6) is -0.444. The molecular formula is C14H18Cl2N2O4S. The van der Waals surface area contributed by atoms with Gasteiger partial charge in [-0.05, 0) is 26.0 Å². The number of nitrogens with one attached hydrogen (secondary N) is 1. The molecule has 0 bridgehead atoms. The van der Waals surface area contributed by atoms with Crippen molar-refractivity contribution in [3.8, 4) is 0 Å². The van der Waals surface area contributed by atoms with Gasteiger partial charge in [0, 0.05) is 19.1 Å². The van der Waals surface area contributed by atoms with Crippen LogP contribution in [0.25, 0.3) is 0 Å². The molecule has 23 heavy (non-hydrogen) atoms. The van der Waals surface area contributed by atoms with Crippen molar-refractivity contribution >= 4 is 39.1 Å². The number of halogens is 2. The number of hydrogen-bond acceptors (Lipinski definition) is 4. The van der Waals surface area contributed by atoms with Crippen LogP contribution in [0, 0.1) is 0 Å². The Balaban J connectivity index is 2.44. The quantitative estimate of drug-likeness (QED) is 0.867. The number of morpholine rings is 1. The van der Waals surface area contributed by atoms with Crippen molar-refractivity contribution in [2.75, 3.05) is 26.3 Å². The van der Waals surface area contributed by atoms with E-state index < -0.39 is 15.9 Å². The highest BCUT2D eigenvalue weighted by Crippen LogP contribution is 2.31. The largest absolute Gasteiger partial charge is 0.379 e. The van der Waals surface area contributed by atoms with E-state index >= 15 is 0 Å². The average molecular weight is 381 g/mol. The van der Waals surface area contributed by atoms with Crippen molar-refractivity contribution in [3.05, 3.63) is 27.7 Å². The van der Waals surface area contributed by atoms with Gasteiger partial charge < -0.3 is 10.1 Å². The number of amides is 1. The first-order valence-electron chi connectivity index (χ1n) is 7.11. The molecule has 0 atom stereocenters. The van der Waals surface area contributed by atoms with Crippen molar-refractivity contribution in [2.24, 2.45) is 0 Å². The van der Waals surface area contributed by atoms with E-state index in [1.54, 1.807) is 13.8 Å². The third-order valence-corrected chi connectivity index (χ3v) is 5.95. The third kappa shape index (κ3) is 4.16. The van der Waals surface area contributed by atoms with Crippen LogP contribution in [0.5, 0.6) is 0 Å². The molecule has 1 N–H and O–H groups in total. The molecule has 1 heterocycles. The van der Waals surface area contributed by atoms with Crippen LogP contribution < -0.4 is 5.32 Å². The number of ether oxygens (including phenoxy) is 1. The summed E-state index contributed by atoms with van der Waals surface area (Å²) in [6.07, 6.45) is 0. The molecule has 1 aromatic carbocycles. The van der Waals surface area contributed by atoms with Crippen LogP contribution in [-0.2, 0) is 14.8 Å². The molecule has 1 amide bonds. The maximum Gasteiger partial charge on any atom is 0.253 e. The molecule has 0 aliphatic carbocycles. The minimum absolute atomic E-state index is 0.0115. The first-order chi connectivity index (χ1) is 10.7. The van der Waals surface area contributed by atoms with E-state index in [4.69, 9.17) is 27.9 Å². The summed E-state index contributed by atoms with van der Waals surface area (Å²) in [6.45, 7) is 4.74. The highest BCUT2D eigenvalue weighted by Gasteiger charge is 2.30. The first-order valence-corrected chi connectivity index (χ1v) is 9.31. The number of carbonyl (C=O) groups excluding carboxylic acids is 1. The molecule has 1 aliphatic heterocycles. The Hall–Kier alpha value is -0.860. The van der Waals surface area contributed by atoms with E-state index in [1.165, 1.54) is 16.4 Å². The van der Waals surface area contributed by atoms with Crippen molar-refractivity contribution < 1.29 is 17.9 Å². The van der Waals surface area contributed by atoms with Gasteiger partial charge in [0.15, 0.2) is 0 Å². The summed E-state index contributed by atoms with van der Waals surface area (Å²) >= 11 is 12.1. The molecule has 6 nitrogen and oxygen atoms in total. The van der Waals surface area contributed by atoms with Crippen LogP contribution in [0.3, 0.4) is 0 Å². The summed E-state index contributed by atoms with van der Waals surface area (Å²) < 4.78 is 31.9. The van der Waals surface area contributed by atoms with Gasteiger partial charge in [-0.15, -0.1) is 0 Å². The second-order valence-corrected chi connectivity index (χ2v) is 8.13. The second kappa shape index (κ2) is 7.36. The minimum Gasteiger partial charge on any atom is -0.379 e. The Labute approximate surface area is 145 Å². The third-order valence-electron chi connectivity index (χ3n) is 3.27. The Morgan fingerprint density at radius 1 is 1.22 bits per heavy atom. The Morgan fingerprint density at radius 3 is 2.39 bits per heavy atom. The summed E-state index contributed by atoms with van der Waals surface area (Å²) in [7, 11) is -3.81. The standard InChI is InChI=1S/C14H18Cl2N2O4S/c1-9(2)17-14(19)10-7-13(12(16)8-11(10)15)23(20,21)18-3-5-22-6-4-18/h7-9H,3-6H2,1-2H3,(H,17,19). The van der Waals surface area contributed by atoms with Gasteiger partial charge in [0.25, 0.3) is 5.91 Å². The average Bonchev–Trinajstić information content (AvgIpc) is 2.47. The zero-order valence-electron chi connectivity index (χ0n) is 12.8. The summed E-state index contributed by atoms with van der Waals surface area (Å²) in [5.41, 5.74) is 0.0802. The second-order valence-electron chi connectivity index (χ2n) is 5.41. The van der Waals surface area contributed by atoms with Crippen molar-refractivity contribution in [2.45, 2.75) is 24.8 Å². The highest BCUT2D eigenvalue weighted by molar-refractivity contribution is 7.89. The van der Waals surface area contributed by atoms with Crippen LogP contribution in [0.1, 0.15) is 24.2 Å². The molecule has 128 valence electrons. The Bertz CT molecular complexity index is 701. The molecular weight excluding hydrogens is 363 g/mol. The molecule has 1 aromatic rings. The minimum atomic E-state index is -3.81. The van der Waals surface area contributed by atoms with Crippen LogP contribution in [0.2, 0.25) is 10.0 Å². The lowest BCUT2D eigenvalue weighted by atomic mass is 10.2. The molecule has 0 saturated carbocycles. The lowest BCUT2D eigenvalue weighted by Gasteiger charge is -2.26. The lowest BCUT2D eigenvalue weighted by Crippen LogP contribution is -2.40. The highest BCUT2D eigenvalue weighted by atomic mass is 35.5. The molecule has 2 rings (SSSR count). The number of benzene rings is 1. The van der Waals surface area contributed by atoms with Crippen molar-refractivity contribution in [1.82, 2.24) is 9.62 Å². The Kier molecular flexibility index (Phi) is 5.91. The Morgan fingerprint density at radius 2 is 1.83 bits per heavy atom. The van der Waals surface area contributed by atoms with Crippen molar-refractivity contribution in [1.29, 1.82) is 0 Å². The molecule has 0 radical (unpaired) electrons. The van der Waals surface area contributed by atoms with Gasteiger partial charge in [-0.25, -0.2) is 8.42 Å². The predicted molar refractivity (Wildman–Crippen MR) is 88.6 cm³/mol. The van der Waals surface area contributed by atoms with E-state index in [2.05, 4.69) is 5.32 Å². The molecule has 9 heteroatoms. The predicted octanol–water partition coefficient (Wildman–Crippen LogP) is 2.15. The molecule has 0 spiro atoms. The fourth-order valence-electron chi connectivity index (χ4n) is 2.17. The molecule has 1 aliphatic rings. The maximum absolute atomic E-state index is 12.7. The van der Waals surface area contributed by atoms with Crippen LogP contribution in [0.15, 0.2) is 17.0 Å². The molecule has 0 aromatic heterocycles. The number of carbonyl (C=O) groups is 1. The van der Waals surface area contributed by atoms with Crippen LogP contribution in [-0.4, -0.2) is 51.0 Å². The fraction of sp³-hybridized carbons (Fsp3) is 0.500. The van der Waals surface area contributed by atoms with Gasteiger partial charge in [0.05, 0.1) is 28.8 Å². The van der Waals surface area contributed by atoms with E-state index in [0.717, 1.165) is 0 Å². The van der Waals surface area contributed by atoms with Gasteiger partial charge in [-0.1, -0.05) is 23.2 Å². The normalized spacial score (nSPS) is 16.6. The van der Waals surface area contributed by atoms with E-state index in [-0.39, 0.29) is 39.6 Å². The van der Waals surface area contributed by atoms with Crippen LogP contribution in [0.4, 0.5) is 0 Å². The lowest BCUT2D eigenvalue weighted by molar-refractivity contribution is 0.0730. The monoisotopic (exact) mass is 380 g/mol. The maximum atomic E-state index is 12.7. The number of rotatable bonds is 4. The summed E-state index contributed by atoms with van der Waals surface area (Å²) in [5, 5.41) is 2.78. The van der Waals surface area contributed by atoms with Gasteiger partial charge in [0.1, 0.15) is 4.90 Å². The SMILES string of the molecule is CC(C)NC(=O)c1cc(S(=O)(=O)N2CCOCC2)c(Cl)cc1Cl. The zero-order chi connectivity index (χ0) is 17.2. The topological polar surface area (TPSA) is 75.7 Å². The number of hydrogen-bond donors (Lipinski definition) is 1. The molecule has 0 unspecified atom stereocenters.